The number of hydrogen-bond acceptors (Lipinski definition) is 5. The van der Waals surface area contributed by atoms with E-state index in [1.165, 1.54) is 12.1 Å². The minimum atomic E-state index is -0.776. The number of nitrogens with one attached hydrogen (secondary N) is 1. The van der Waals surface area contributed by atoms with Crippen LogP contribution in [0.4, 0.5) is 5.69 Å². The zero-order valence-corrected chi connectivity index (χ0v) is 21.8. The fourth-order valence-electron chi connectivity index (χ4n) is 4.28. The maximum atomic E-state index is 13.0. The lowest BCUT2D eigenvalue weighted by Gasteiger charge is -2.36. The van der Waals surface area contributed by atoms with Gasteiger partial charge in [-0.1, -0.05) is 66.9 Å². The third kappa shape index (κ3) is 6.83. The molecule has 2 aromatic rings. The van der Waals surface area contributed by atoms with Crippen LogP contribution in [0.3, 0.4) is 0 Å². The molecule has 1 saturated carbocycles. The van der Waals surface area contributed by atoms with Crippen molar-refractivity contribution in [2.45, 2.75) is 46.1 Å². The number of benzene rings is 2. The Kier molecular flexibility index (Phi) is 9.14. The molecule has 6 nitrogen and oxygen atoms in total. The van der Waals surface area contributed by atoms with E-state index < -0.39 is 24.5 Å². The Hall–Kier alpha value is -2.38. The molecule has 34 heavy (non-hydrogen) atoms. The van der Waals surface area contributed by atoms with Crippen molar-refractivity contribution < 1.29 is 23.9 Å². The summed E-state index contributed by atoms with van der Waals surface area (Å²) in [7, 11) is 0. The molecule has 1 aliphatic rings. The van der Waals surface area contributed by atoms with E-state index >= 15 is 0 Å². The van der Waals surface area contributed by atoms with Crippen LogP contribution in [0, 0.1) is 17.8 Å². The van der Waals surface area contributed by atoms with Gasteiger partial charge in [-0.05, 0) is 60.9 Å². The molecule has 0 radical (unpaired) electrons. The van der Waals surface area contributed by atoms with E-state index in [-0.39, 0.29) is 23.1 Å². The van der Waals surface area contributed by atoms with Gasteiger partial charge >= 0.3 is 11.9 Å². The van der Waals surface area contributed by atoms with Crippen LogP contribution >= 0.6 is 27.5 Å². The fraction of sp³-hybridized carbons (Fsp3) is 0.423. The molecule has 0 heterocycles. The minimum Gasteiger partial charge on any atom is -0.458 e. The first-order valence-corrected chi connectivity index (χ1v) is 12.5. The number of esters is 2. The zero-order chi connectivity index (χ0) is 24.8. The summed E-state index contributed by atoms with van der Waals surface area (Å²) in [5.74, 6) is -0.721. The molecular formula is C26H29BrClNO5. The van der Waals surface area contributed by atoms with Crippen molar-refractivity contribution in [1.29, 1.82) is 0 Å². The molecule has 182 valence electrons. The Morgan fingerprint density at radius 1 is 1.09 bits per heavy atom. The standard InChI is InChI=1S/C26H29BrClNO5/c1-15(2)18-10-8-16(3)12-23(18)34-26(32)20-7-5-4-6-19(20)25(31)33-14-24(30)29-22-11-9-17(27)13-21(22)28/h4-7,9,11,13,15-16,18,23H,8,10,12,14H2,1-3H3,(H,29,30)/t16-,18+,23+/m1/s1. The van der Waals surface area contributed by atoms with Gasteiger partial charge in [0, 0.05) is 4.47 Å². The quantitative estimate of drug-likeness (QED) is 0.397. The number of rotatable bonds is 7. The number of carbonyl (C=O) groups excluding carboxylic acids is 3. The number of amides is 1. The topological polar surface area (TPSA) is 81.7 Å². The van der Waals surface area contributed by atoms with Crippen molar-refractivity contribution in [3.05, 3.63) is 63.1 Å². The van der Waals surface area contributed by atoms with Crippen LogP contribution in [0.2, 0.25) is 5.02 Å². The highest BCUT2D eigenvalue weighted by atomic mass is 79.9. The summed E-state index contributed by atoms with van der Waals surface area (Å²) in [4.78, 5) is 38.0. The van der Waals surface area contributed by atoms with Crippen molar-refractivity contribution in [1.82, 2.24) is 0 Å². The van der Waals surface area contributed by atoms with Gasteiger partial charge in [0.15, 0.2) is 6.61 Å². The van der Waals surface area contributed by atoms with Gasteiger partial charge in [-0.3, -0.25) is 4.79 Å². The van der Waals surface area contributed by atoms with Crippen LogP contribution in [0.5, 0.6) is 0 Å². The lowest BCUT2D eigenvalue weighted by Crippen LogP contribution is -2.36. The Labute approximate surface area is 213 Å². The van der Waals surface area contributed by atoms with Crippen LogP contribution < -0.4 is 5.32 Å². The second-order valence-corrected chi connectivity index (χ2v) is 10.4. The average molecular weight is 551 g/mol. The number of anilines is 1. The maximum absolute atomic E-state index is 13.0. The molecule has 3 atom stereocenters. The minimum absolute atomic E-state index is 0.0620. The van der Waals surface area contributed by atoms with Gasteiger partial charge in [0.25, 0.3) is 5.91 Å². The lowest BCUT2D eigenvalue weighted by atomic mass is 9.75. The normalized spacial score (nSPS) is 20.0. The van der Waals surface area contributed by atoms with Crippen LogP contribution in [-0.4, -0.2) is 30.6 Å². The van der Waals surface area contributed by atoms with E-state index in [1.807, 2.05) is 0 Å². The lowest BCUT2D eigenvalue weighted by molar-refractivity contribution is -0.119. The third-order valence-corrected chi connectivity index (χ3v) is 6.93. The Bertz CT molecular complexity index is 1060. The molecule has 1 N–H and O–H groups in total. The third-order valence-electron chi connectivity index (χ3n) is 6.13. The van der Waals surface area contributed by atoms with Gasteiger partial charge in [-0.25, -0.2) is 9.59 Å². The number of carbonyl (C=O) groups is 3. The van der Waals surface area contributed by atoms with Crippen molar-refractivity contribution in [3.63, 3.8) is 0 Å². The summed E-state index contributed by atoms with van der Waals surface area (Å²) in [6, 6.07) is 11.3. The monoisotopic (exact) mass is 549 g/mol. The largest absolute Gasteiger partial charge is 0.458 e. The fourth-order valence-corrected chi connectivity index (χ4v) is 5.00. The molecule has 2 aromatic carbocycles. The molecule has 3 rings (SSSR count). The highest BCUT2D eigenvalue weighted by molar-refractivity contribution is 9.10. The smallest absolute Gasteiger partial charge is 0.339 e. The molecule has 0 saturated heterocycles. The zero-order valence-electron chi connectivity index (χ0n) is 19.5. The Balaban J connectivity index is 1.65. The molecule has 0 aromatic heterocycles. The first kappa shape index (κ1) is 26.2. The molecule has 8 heteroatoms. The summed E-state index contributed by atoms with van der Waals surface area (Å²) in [5.41, 5.74) is 0.591. The van der Waals surface area contributed by atoms with E-state index in [2.05, 4.69) is 42.0 Å². The number of halogens is 2. The van der Waals surface area contributed by atoms with E-state index in [0.717, 1.165) is 23.7 Å². The summed E-state index contributed by atoms with van der Waals surface area (Å²) in [6.07, 6.45) is 2.74. The maximum Gasteiger partial charge on any atom is 0.339 e. The van der Waals surface area contributed by atoms with Crippen molar-refractivity contribution in [3.8, 4) is 0 Å². The van der Waals surface area contributed by atoms with Gasteiger partial charge in [0.2, 0.25) is 0 Å². The Morgan fingerprint density at radius 3 is 2.41 bits per heavy atom. The van der Waals surface area contributed by atoms with E-state index in [1.54, 1.807) is 30.3 Å². The van der Waals surface area contributed by atoms with Gasteiger partial charge in [0.05, 0.1) is 21.8 Å². The average Bonchev–Trinajstić information content (AvgIpc) is 2.79. The molecule has 1 aliphatic carbocycles. The van der Waals surface area contributed by atoms with Gasteiger partial charge in [-0.15, -0.1) is 0 Å². The number of hydrogen-bond donors (Lipinski definition) is 1. The molecule has 0 aliphatic heterocycles. The van der Waals surface area contributed by atoms with Crippen molar-refractivity contribution in [2.24, 2.45) is 17.8 Å². The van der Waals surface area contributed by atoms with Crippen LogP contribution in [-0.2, 0) is 14.3 Å². The summed E-state index contributed by atoms with van der Waals surface area (Å²) in [6.45, 7) is 5.91. The second-order valence-electron chi connectivity index (χ2n) is 9.06. The van der Waals surface area contributed by atoms with E-state index in [4.69, 9.17) is 21.1 Å². The van der Waals surface area contributed by atoms with Gasteiger partial charge < -0.3 is 14.8 Å². The van der Waals surface area contributed by atoms with Crippen molar-refractivity contribution in [2.75, 3.05) is 11.9 Å². The molecule has 0 bridgehead atoms. The Morgan fingerprint density at radius 2 is 1.76 bits per heavy atom. The number of ether oxygens (including phenoxy) is 2. The second kappa shape index (κ2) is 11.8. The summed E-state index contributed by atoms with van der Waals surface area (Å²) < 4.78 is 11.8. The van der Waals surface area contributed by atoms with E-state index in [9.17, 15) is 14.4 Å². The van der Waals surface area contributed by atoms with E-state index in [0.29, 0.717) is 22.5 Å². The van der Waals surface area contributed by atoms with Crippen LogP contribution in [0.15, 0.2) is 46.9 Å². The summed E-state index contributed by atoms with van der Waals surface area (Å²) >= 11 is 9.40. The highest BCUT2D eigenvalue weighted by Gasteiger charge is 2.34. The SMILES string of the molecule is CC(C)[C@@H]1CC[C@@H](C)C[C@@H]1OC(=O)c1ccccc1C(=O)OCC(=O)Nc1ccc(Br)cc1Cl. The van der Waals surface area contributed by atoms with Crippen molar-refractivity contribution >= 4 is 51.1 Å². The summed E-state index contributed by atoms with van der Waals surface area (Å²) in [5, 5.41) is 2.94. The van der Waals surface area contributed by atoms with Gasteiger partial charge in [-0.2, -0.15) is 0 Å². The van der Waals surface area contributed by atoms with Crippen LogP contribution in [0.25, 0.3) is 0 Å². The molecule has 0 unspecified atom stereocenters. The first-order valence-electron chi connectivity index (χ1n) is 11.4. The molecule has 1 amide bonds. The molecule has 0 spiro atoms. The predicted molar refractivity (Wildman–Crippen MR) is 135 cm³/mol. The van der Waals surface area contributed by atoms with Crippen LogP contribution in [0.1, 0.15) is 60.7 Å². The predicted octanol–water partition coefficient (Wildman–Crippen LogP) is 6.52. The molecule has 1 fully saturated rings. The first-order chi connectivity index (χ1) is 16.2. The highest BCUT2D eigenvalue weighted by Crippen LogP contribution is 2.36. The van der Waals surface area contributed by atoms with Gasteiger partial charge in [0.1, 0.15) is 6.10 Å². The molecular weight excluding hydrogens is 522 g/mol.